The normalized spacial score (nSPS) is 17.2. The van der Waals surface area contributed by atoms with Gasteiger partial charge in [-0.05, 0) is 43.4 Å². The predicted octanol–water partition coefficient (Wildman–Crippen LogP) is 3.86. The maximum Gasteiger partial charge on any atom is 0.272 e. The first-order valence-corrected chi connectivity index (χ1v) is 10.7. The van der Waals surface area contributed by atoms with E-state index in [1.54, 1.807) is 24.3 Å². The summed E-state index contributed by atoms with van der Waals surface area (Å²) in [5.41, 5.74) is 4.22. The van der Waals surface area contributed by atoms with Crippen LogP contribution in [0.5, 0.6) is 0 Å². The molecular formula is C25H25N5O2. The van der Waals surface area contributed by atoms with Gasteiger partial charge in [0.2, 0.25) is 0 Å². The second-order valence-corrected chi connectivity index (χ2v) is 9.31. The fourth-order valence-corrected chi connectivity index (χ4v) is 4.59. The maximum absolute atomic E-state index is 13.3. The molecule has 0 bridgehead atoms. The van der Waals surface area contributed by atoms with Crippen molar-refractivity contribution < 1.29 is 4.79 Å². The Bertz CT molecular complexity index is 1380. The molecule has 7 heteroatoms. The van der Waals surface area contributed by atoms with Crippen molar-refractivity contribution in [1.29, 1.82) is 0 Å². The number of hydrogen-bond donors (Lipinski definition) is 2. The lowest BCUT2D eigenvalue weighted by Crippen LogP contribution is -2.37. The molecule has 2 aromatic heterocycles. The number of carbonyl (C=O) groups is 1. The number of H-pyrrole nitrogens is 1. The van der Waals surface area contributed by atoms with Crippen molar-refractivity contribution >= 4 is 16.7 Å². The smallest absolute Gasteiger partial charge is 0.272 e. The van der Waals surface area contributed by atoms with Crippen molar-refractivity contribution in [3.05, 3.63) is 87.6 Å². The Morgan fingerprint density at radius 1 is 1.12 bits per heavy atom. The minimum Gasteiger partial charge on any atom is -0.344 e. The first-order valence-electron chi connectivity index (χ1n) is 10.7. The number of amides is 1. The molecule has 2 N–H and O–H groups in total. The van der Waals surface area contributed by atoms with Crippen LogP contribution >= 0.6 is 0 Å². The van der Waals surface area contributed by atoms with Crippen LogP contribution < -0.4 is 10.9 Å². The highest BCUT2D eigenvalue weighted by atomic mass is 16.2. The van der Waals surface area contributed by atoms with E-state index < -0.39 is 0 Å². The molecule has 32 heavy (non-hydrogen) atoms. The SMILES string of the molecule is Cc1ccc(-n2ncc3c2CC(C)(C)CC3NC(=O)c2n[nH]c(=O)c3ccccc23)cc1. The molecule has 0 saturated heterocycles. The average molecular weight is 428 g/mol. The molecule has 162 valence electrons. The molecule has 4 aromatic rings. The number of rotatable bonds is 3. The molecule has 1 aliphatic rings. The molecule has 1 unspecified atom stereocenters. The lowest BCUT2D eigenvalue weighted by atomic mass is 9.74. The fourth-order valence-electron chi connectivity index (χ4n) is 4.59. The van der Waals surface area contributed by atoms with Gasteiger partial charge in [0, 0.05) is 10.9 Å². The van der Waals surface area contributed by atoms with Crippen LogP contribution in [0.25, 0.3) is 16.5 Å². The van der Waals surface area contributed by atoms with Gasteiger partial charge in [-0.2, -0.15) is 10.2 Å². The van der Waals surface area contributed by atoms with E-state index in [2.05, 4.69) is 65.6 Å². The largest absolute Gasteiger partial charge is 0.344 e. The van der Waals surface area contributed by atoms with E-state index in [1.165, 1.54) is 5.56 Å². The molecule has 1 aliphatic carbocycles. The highest BCUT2D eigenvalue weighted by Gasteiger charge is 2.36. The lowest BCUT2D eigenvalue weighted by Gasteiger charge is -2.36. The van der Waals surface area contributed by atoms with E-state index in [0.717, 1.165) is 29.8 Å². The van der Waals surface area contributed by atoms with Crippen molar-refractivity contribution in [1.82, 2.24) is 25.3 Å². The molecular weight excluding hydrogens is 402 g/mol. The number of aryl methyl sites for hydroxylation is 1. The van der Waals surface area contributed by atoms with Crippen molar-refractivity contribution in [2.24, 2.45) is 5.41 Å². The monoisotopic (exact) mass is 427 g/mol. The summed E-state index contributed by atoms with van der Waals surface area (Å²) in [6.07, 6.45) is 3.50. The molecule has 0 aliphatic heterocycles. The van der Waals surface area contributed by atoms with E-state index in [4.69, 9.17) is 0 Å². The Hall–Kier alpha value is -3.74. The second kappa shape index (κ2) is 7.44. The third-order valence-electron chi connectivity index (χ3n) is 6.17. The molecule has 0 radical (unpaired) electrons. The van der Waals surface area contributed by atoms with Gasteiger partial charge in [-0.25, -0.2) is 9.78 Å². The Kier molecular flexibility index (Phi) is 4.69. The minimum absolute atomic E-state index is 0.0199. The molecule has 5 rings (SSSR count). The fraction of sp³-hybridized carbons (Fsp3) is 0.280. The number of fused-ring (bicyclic) bond motifs is 2. The van der Waals surface area contributed by atoms with E-state index in [1.807, 2.05) is 10.9 Å². The third kappa shape index (κ3) is 3.49. The topological polar surface area (TPSA) is 92.7 Å². The van der Waals surface area contributed by atoms with E-state index in [-0.39, 0.29) is 28.6 Å². The van der Waals surface area contributed by atoms with Crippen molar-refractivity contribution in [2.75, 3.05) is 0 Å². The molecule has 2 heterocycles. The van der Waals surface area contributed by atoms with Gasteiger partial charge in [0.25, 0.3) is 11.5 Å². The molecule has 1 amide bonds. The zero-order chi connectivity index (χ0) is 22.5. The third-order valence-corrected chi connectivity index (χ3v) is 6.17. The van der Waals surface area contributed by atoms with Crippen molar-refractivity contribution in [3.8, 4) is 5.69 Å². The summed E-state index contributed by atoms with van der Waals surface area (Å²) in [6, 6.07) is 15.1. The summed E-state index contributed by atoms with van der Waals surface area (Å²) < 4.78 is 1.97. The Labute approximate surface area is 185 Å². The number of nitrogens with zero attached hydrogens (tertiary/aromatic N) is 3. The summed E-state index contributed by atoms with van der Waals surface area (Å²) >= 11 is 0. The van der Waals surface area contributed by atoms with Crippen molar-refractivity contribution in [3.63, 3.8) is 0 Å². The Morgan fingerprint density at radius 3 is 2.59 bits per heavy atom. The van der Waals surface area contributed by atoms with Crippen LogP contribution in [0.2, 0.25) is 0 Å². The maximum atomic E-state index is 13.3. The number of carbonyl (C=O) groups excluding carboxylic acids is 1. The molecule has 0 saturated carbocycles. The number of nitrogens with one attached hydrogen (secondary N) is 2. The van der Waals surface area contributed by atoms with Gasteiger partial charge in [0.15, 0.2) is 5.69 Å². The number of benzene rings is 2. The van der Waals surface area contributed by atoms with Crippen LogP contribution in [-0.2, 0) is 6.42 Å². The van der Waals surface area contributed by atoms with Gasteiger partial charge in [-0.15, -0.1) is 0 Å². The first kappa shape index (κ1) is 20.2. The summed E-state index contributed by atoms with van der Waals surface area (Å²) in [5, 5.41) is 15.3. The van der Waals surface area contributed by atoms with Gasteiger partial charge in [0.1, 0.15) is 0 Å². The summed E-state index contributed by atoms with van der Waals surface area (Å²) in [4.78, 5) is 25.3. The quantitative estimate of drug-likeness (QED) is 0.519. The molecule has 0 fully saturated rings. The molecule has 7 nitrogen and oxygen atoms in total. The zero-order valence-corrected chi connectivity index (χ0v) is 18.3. The first-order chi connectivity index (χ1) is 15.3. The highest BCUT2D eigenvalue weighted by molar-refractivity contribution is 6.04. The molecule has 0 spiro atoms. The number of aromatic nitrogens is 4. The standard InChI is InChI=1S/C25H25N5O2/c1-15-8-10-16(11-9-15)30-21-13-25(2,3)12-20(19(21)14-26-30)27-24(32)22-17-6-4-5-7-18(17)23(31)29-28-22/h4-11,14,20H,12-13H2,1-3H3,(H,27,32)(H,29,31). The van der Waals surface area contributed by atoms with Crippen LogP contribution in [0.15, 0.2) is 59.5 Å². The average Bonchev–Trinajstić information content (AvgIpc) is 3.17. The van der Waals surface area contributed by atoms with Crippen LogP contribution in [0.4, 0.5) is 0 Å². The summed E-state index contributed by atoms with van der Waals surface area (Å²) in [5.74, 6) is -0.311. The van der Waals surface area contributed by atoms with Crippen LogP contribution in [-0.4, -0.2) is 25.9 Å². The second-order valence-electron chi connectivity index (χ2n) is 9.31. The lowest BCUT2D eigenvalue weighted by molar-refractivity contribution is 0.0915. The molecule has 2 aromatic carbocycles. The van der Waals surface area contributed by atoms with E-state index in [9.17, 15) is 9.59 Å². The van der Waals surface area contributed by atoms with Crippen molar-refractivity contribution in [2.45, 2.75) is 39.7 Å². The highest BCUT2D eigenvalue weighted by Crippen LogP contribution is 2.41. The van der Waals surface area contributed by atoms with Gasteiger partial charge >= 0.3 is 0 Å². The van der Waals surface area contributed by atoms with Gasteiger partial charge < -0.3 is 5.32 Å². The summed E-state index contributed by atoms with van der Waals surface area (Å²) in [7, 11) is 0. The minimum atomic E-state index is -0.311. The van der Waals surface area contributed by atoms with Gasteiger partial charge in [-0.3, -0.25) is 9.59 Å². The van der Waals surface area contributed by atoms with E-state index >= 15 is 0 Å². The molecule has 1 atom stereocenters. The van der Waals surface area contributed by atoms with Gasteiger partial charge in [0.05, 0.1) is 29.0 Å². The number of hydrogen-bond acceptors (Lipinski definition) is 4. The zero-order valence-electron chi connectivity index (χ0n) is 18.3. The Balaban J connectivity index is 1.52. The number of aromatic amines is 1. The van der Waals surface area contributed by atoms with Gasteiger partial charge in [-0.1, -0.05) is 49.7 Å². The van der Waals surface area contributed by atoms with Crippen LogP contribution in [0.3, 0.4) is 0 Å². The van der Waals surface area contributed by atoms with Crippen LogP contribution in [0.1, 0.15) is 53.6 Å². The predicted molar refractivity (Wildman–Crippen MR) is 123 cm³/mol. The summed E-state index contributed by atoms with van der Waals surface area (Å²) in [6.45, 7) is 6.47. The Morgan fingerprint density at radius 2 is 1.84 bits per heavy atom. The van der Waals surface area contributed by atoms with E-state index in [0.29, 0.717) is 10.8 Å². The van der Waals surface area contributed by atoms with Crippen LogP contribution in [0, 0.1) is 12.3 Å².